The third kappa shape index (κ3) is 2.52. The maximum Gasteiger partial charge on any atom is 0.252 e. The number of nitrogens with one attached hydrogen (secondary N) is 2. The van der Waals surface area contributed by atoms with Crippen molar-refractivity contribution < 1.29 is 13.2 Å². The van der Waals surface area contributed by atoms with E-state index in [9.17, 15) is 13.2 Å². The highest BCUT2D eigenvalue weighted by molar-refractivity contribution is 6.06. The number of amidine groups is 1. The fraction of sp³-hybridized carbons (Fsp3) is 0.474. The summed E-state index contributed by atoms with van der Waals surface area (Å²) < 4.78 is 42.2. The summed E-state index contributed by atoms with van der Waals surface area (Å²) in [6.07, 6.45) is 2.68. The van der Waals surface area contributed by atoms with Crippen LogP contribution in [-0.2, 0) is 5.41 Å². The van der Waals surface area contributed by atoms with Crippen molar-refractivity contribution in [3.8, 4) is 0 Å². The lowest BCUT2D eigenvalue weighted by molar-refractivity contribution is 0.0894. The van der Waals surface area contributed by atoms with Gasteiger partial charge in [0.25, 0.3) is 5.92 Å². The first-order chi connectivity index (χ1) is 13.2. The molecule has 2 aliphatic rings. The van der Waals surface area contributed by atoms with Gasteiger partial charge in [-0.3, -0.25) is 10.5 Å². The van der Waals surface area contributed by atoms with E-state index in [2.05, 4.69) is 21.9 Å². The van der Waals surface area contributed by atoms with Crippen LogP contribution < -0.4 is 5.73 Å². The maximum absolute atomic E-state index is 13.9. The molecule has 2 atom stereocenters. The maximum atomic E-state index is 13.9. The van der Waals surface area contributed by atoms with E-state index in [0.717, 1.165) is 18.5 Å². The molecule has 3 heterocycles. The number of nitrogens with two attached hydrogens (primary N) is 1. The molecule has 1 saturated heterocycles. The monoisotopic (exact) mass is 390 g/mol. The number of likely N-dealkylation sites (tertiary alicyclic amines) is 1. The second-order valence-corrected chi connectivity index (χ2v) is 8.40. The number of aromatic nitrogens is 3. The molecular weight excluding hydrogens is 369 g/mol. The van der Waals surface area contributed by atoms with E-state index in [-0.39, 0.29) is 23.2 Å². The third-order valence-electron chi connectivity index (χ3n) is 6.22. The molecular formula is C19H21F3N6. The van der Waals surface area contributed by atoms with Crippen LogP contribution in [0.25, 0.3) is 16.7 Å². The Bertz CT molecular complexity index is 1120. The molecule has 148 valence electrons. The molecule has 6 nitrogen and oxygen atoms in total. The Hall–Kier alpha value is -2.55. The Labute approximate surface area is 159 Å². The first kappa shape index (κ1) is 17.5. The third-order valence-corrected chi connectivity index (χ3v) is 6.22. The number of fused-ring (bicyclic) bond motifs is 3. The van der Waals surface area contributed by atoms with Crippen molar-refractivity contribution in [3.05, 3.63) is 35.3 Å². The van der Waals surface area contributed by atoms with Crippen LogP contribution in [0.15, 0.2) is 18.3 Å². The van der Waals surface area contributed by atoms with Gasteiger partial charge in [0.05, 0.1) is 5.52 Å². The van der Waals surface area contributed by atoms with Gasteiger partial charge in [-0.15, -0.1) is 0 Å². The fourth-order valence-corrected chi connectivity index (χ4v) is 4.54. The minimum absolute atomic E-state index is 0.0142. The Balaban J connectivity index is 1.53. The van der Waals surface area contributed by atoms with Crippen molar-refractivity contribution in [3.63, 3.8) is 0 Å². The van der Waals surface area contributed by atoms with Crippen LogP contribution in [0.4, 0.5) is 13.2 Å². The van der Waals surface area contributed by atoms with Crippen LogP contribution in [0.2, 0.25) is 0 Å². The van der Waals surface area contributed by atoms with Gasteiger partial charge in [-0.25, -0.2) is 22.7 Å². The lowest BCUT2D eigenvalue weighted by Crippen LogP contribution is -2.30. The molecule has 1 aliphatic carbocycles. The summed E-state index contributed by atoms with van der Waals surface area (Å²) in [5, 5.41) is 10.9. The largest absolute Gasteiger partial charge is 0.384 e. The summed E-state index contributed by atoms with van der Waals surface area (Å²) in [6.45, 7) is 3.95. The number of imidazole rings is 1. The second-order valence-electron chi connectivity index (χ2n) is 8.40. The topological polar surface area (TPSA) is 86.2 Å². The molecule has 2 fully saturated rings. The quantitative estimate of drug-likeness (QED) is 0.473. The highest BCUT2D eigenvalue weighted by Crippen LogP contribution is 2.50. The molecule has 5 rings (SSSR count). The Kier molecular flexibility index (Phi) is 3.44. The van der Waals surface area contributed by atoms with E-state index in [0.29, 0.717) is 29.8 Å². The Morgan fingerprint density at radius 1 is 1.43 bits per heavy atom. The Morgan fingerprint density at radius 2 is 2.18 bits per heavy atom. The molecule has 0 bridgehead atoms. The SMILES string of the molecule is CC1(c2c[nH]n3c2nc2cc(F)cc(C(=N)N)c23)CCN(CC2CC2(F)F)C1. The summed E-state index contributed by atoms with van der Waals surface area (Å²) in [5.74, 6) is -3.76. The van der Waals surface area contributed by atoms with Crippen molar-refractivity contribution in [1.82, 2.24) is 19.5 Å². The predicted molar refractivity (Wildman–Crippen MR) is 99.5 cm³/mol. The van der Waals surface area contributed by atoms with Gasteiger partial charge in [0.2, 0.25) is 0 Å². The average molecular weight is 390 g/mol. The van der Waals surface area contributed by atoms with Crippen molar-refractivity contribution in [2.75, 3.05) is 19.6 Å². The molecule has 9 heteroatoms. The number of nitrogen functional groups attached to an aromatic ring is 1. The number of aromatic amines is 1. The minimum atomic E-state index is -2.51. The molecule has 2 aromatic heterocycles. The van der Waals surface area contributed by atoms with Crippen LogP contribution in [0.1, 0.15) is 30.9 Å². The zero-order chi connectivity index (χ0) is 19.8. The number of benzene rings is 1. The summed E-state index contributed by atoms with van der Waals surface area (Å²) in [7, 11) is 0. The van der Waals surface area contributed by atoms with Gasteiger partial charge in [-0.05, 0) is 19.0 Å². The molecule has 1 aromatic carbocycles. The number of alkyl halides is 2. The second kappa shape index (κ2) is 5.50. The first-order valence-electron chi connectivity index (χ1n) is 9.32. The van der Waals surface area contributed by atoms with Gasteiger partial charge in [-0.2, -0.15) is 0 Å². The van der Waals surface area contributed by atoms with Gasteiger partial charge < -0.3 is 10.6 Å². The summed E-state index contributed by atoms with van der Waals surface area (Å²) in [4.78, 5) is 6.69. The van der Waals surface area contributed by atoms with E-state index in [4.69, 9.17) is 11.1 Å². The molecule has 1 saturated carbocycles. The van der Waals surface area contributed by atoms with Crippen LogP contribution in [0.3, 0.4) is 0 Å². The van der Waals surface area contributed by atoms with Crippen molar-refractivity contribution in [2.45, 2.75) is 31.1 Å². The fourth-order valence-electron chi connectivity index (χ4n) is 4.54. The van der Waals surface area contributed by atoms with Crippen LogP contribution in [-0.4, -0.2) is 50.9 Å². The van der Waals surface area contributed by atoms with E-state index in [1.165, 1.54) is 12.1 Å². The predicted octanol–water partition coefficient (Wildman–Crippen LogP) is 2.86. The lowest BCUT2D eigenvalue weighted by atomic mass is 9.83. The van der Waals surface area contributed by atoms with E-state index in [1.807, 2.05) is 6.20 Å². The first-order valence-corrected chi connectivity index (χ1v) is 9.32. The number of halogens is 3. The molecule has 1 aliphatic heterocycles. The summed E-state index contributed by atoms with van der Waals surface area (Å²) in [6, 6.07) is 2.55. The van der Waals surface area contributed by atoms with Crippen LogP contribution in [0.5, 0.6) is 0 Å². The van der Waals surface area contributed by atoms with Crippen molar-refractivity contribution in [1.29, 1.82) is 5.41 Å². The molecule has 0 spiro atoms. The van der Waals surface area contributed by atoms with E-state index < -0.39 is 17.7 Å². The minimum Gasteiger partial charge on any atom is -0.384 e. The van der Waals surface area contributed by atoms with Gasteiger partial charge in [-0.1, -0.05) is 6.92 Å². The van der Waals surface area contributed by atoms with Gasteiger partial charge in [0, 0.05) is 54.2 Å². The van der Waals surface area contributed by atoms with E-state index >= 15 is 0 Å². The zero-order valence-electron chi connectivity index (χ0n) is 15.4. The standard InChI is InChI=1S/C19H21F3N6/c1-18(2-3-27(9-18)8-10-6-19(10,21)22)13-7-25-28-15-12(16(23)24)4-11(20)5-14(15)26-17(13)28/h4-5,7,10,25H,2-3,6,8-9H2,1H3,(H3,23,24). The molecule has 3 aromatic rings. The molecule has 0 amide bonds. The molecule has 4 N–H and O–H groups in total. The number of rotatable bonds is 4. The Morgan fingerprint density at radius 3 is 2.86 bits per heavy atom. The molecule has 0 radical (unpaired) electrons. The number of hydrogen-bond acceptors (Lipinski definition) is 3. The van der Waals surface area contributed by atoms with Crippen LogP contribution in [0, 0.1) is 17.1 Å². The number of H-pyrrole nitrogens is 1. The van der Waals surface area contributed by atoms with Gasteiger partial charge >= 0.3 is 0 Å². The van der Waals surface area contributed by atoms with Crippen LogP contribution >= 0.6 is 0 Å². The average Bonchev–Trinajstić information content (AvgIpc) is 3.01. The van der Waals surface area contributed by atoms with E-state index in [1.54, 1.807) is 4.52 Å². The lowest BCUT2D eigenvalue weighted by Gasteiger charge is -2.23. The summed E-state index contributed by atoms with van der Waals surface area (Å²) >= 11 is 0. The molecule has 28 heavy (non-hydrogen) atoms. The highest BCUT2D eigenvalue weighted by atomic mass is 19.3. The highest BCUT2D eigenvalue weighted by Gasteiger charge is 2.57. The van der Waals surface area contributed by atoms with Gasteiger partial charge in [0.1, 0.15) is 17.2 Å². The van der Waals surface area contributed by atoms with Gasteiger partial charge in [0.15, 0.2) is 5.65 Å². The van der Waals surface area contributed by atoms with Crippen molar-refractivity contribution in [2.24, 2.45) is 11.7 Å². The zero-order valence-corrected chi connectivity index (χ0v) is 15.4. The number of nitrogens with zero attached hydrogens (tertiary/aromatic N) is 3. The summed E-state index contributed by atoms with van der Waals surface area (Å²) in [5.41, 5.74) is 8.28. The smallest absolute Gasteiger partial charge is 0.252 e. The number of hydrogen-bond donors (Lipinski definition) is 3. The molecule has 2 unspecified atom stereocenters. The normalized spacial score (nSPS) is 27.1. The van der Waals surface area contributed by atoms with Crippen molar-refractivity contribution >= 4 is 22.5 Å².